The van der Waals surface area contributed by atoms with Gasteiger partial charge in [-0.25, -0.2) is 4.98 Å². The molecule has 0 radical (unpaired) electrons. The number of aromatic nitrogens is 1. The Morgan fingerprint density at radius 1 is 1.24 bits per heavy atom. The van der Waals surface area contributed by atoms with E-state index in [1.165, 1.54) is 12.8 Å². The predicted octanol–water partition coefficient (Wildman–Crippen LogP) is 3.91. The first-order valence-electron chi connectivity index (χ1n) is 9.22. The minimum Gasteiger partial charge on any atom is -0.374 e. The number of benzene rings is 1. The second-order valence-electron chi connectivity index (χ2n) is 6.86. The SMILES string of the molecule is O=C(CCc1csc(-c2ccccc2)n1)N1CCOC2CCCCC21. The highest BCUT2D eigenvalue weighted by molar-refractivity contribution is 7.13. The van der Waals surface area contributed by atoms with Crippen molar-refractivity contribution in [2.75, 3.05) is 13.2 Å². The Morgan fingerprint density at radius 3 is 2.96 bits per heavy atom. The molecule has 1 aliphatic carbocycles. The van der Waals surface area contributed by atoms with Gasteiger partial charge in [-0.2, -0.15) is 0 Å². The third-order valence-electron chi connectivity index (χ3n) is 5.22. The average molecular weight is 356 g/mol. The zero-order valence-corrected chi connectivity index (χ0v) is 15.2. The number of aryl methyl sites for hydroxylation is 1. The zero-order valence-electron chi connectivity index (χ0n) is 14.4. The van der Waals surface area contributed by atoms with Gasteiger partial charge in [0.2, 0.25) is 5.91 Å². The average Bonchev–Trinajstić information content (AvgIpc) is 3.15. The summed E-state index contributed by atoms with van der Waals surface area (Å²) >= 11 is 1.65. The van der Waals surface area contributed by atoms with Gasteiger partial charge in [0.05, 0.1) is 24.4 Å². The van der Waals surface area contributed by atoms with Crippen LogP contribution in [0.5, 0.6) is 0 Å². The molecule has 5 heteroatoms. The fourth-order valence-corrected chi connectivity index (χ4v) is 4.78. The predicted molar refractivity (Wildman–Crippen MR) is 99.6 cm³/mol. The van der Waals surface area contributed by atoms with Crippen molar-refractivity contribution < 1.29 is 9.53 Å². The van der Waals surface area contributed by atoms with Crippen LogP contribution in [0.25, 0.3) is 10.6 Å². The van der Waals surface area contributed by atoms with Crippen LogP contribution in [0.4, 0.5) is 0 Å². The van der Waals surface area contributed by atoms with Crippen LogP contribution in [-0.4, -0.2) is 41.1 Å². The number of hydrogen-bond donors (Lipinski definition) is 0. The number of ether oxygens (including phenoxy) is 1. The molecule has 0 bridgehead atoms. The Morgan fingerprint density at radius 2 is 2.08 bits per heavy atom. The first kappa shape index (κ1) is 16.7. The quantitative estimate of drug-likeness (QED) is 0.834. The van der Waals surface area contributed by atoms with Gasteiger partial charge in [0, 0.05) is 23.9 Å². The van der Waals surface area contributed by atoms with Gasteiger partial charge in [-0.3, -0.25) is 4.79 Å². The lowest BCUT2D eigenvalue weighted by molar-refractivity contribution is -0.149. The summed E-state index contributed by atoms with van der Waals surface area (Å²) in [7, 11) is 0. The van der Waals surface area contributed by atoms with Gasteiger partial charge in [0.25, 0.3) is 0 Å². The Balaban J connectivity index is 1.36. The van der Waals surface area contributed by atoms with Gasteiger partial charge in [-0.05, 0) is 19.3 Å². The number of thiazole rings is 1. The van der Waals surface area contributed by atoms with Gasteiger partial charge in [-0.15, -0.1) is 11.3 Å². The van der Waals surface area contributed by atoms with Crippen LogP contribution in [-0.2, 0) is 16.0 Å². The molecule has 0 N–H and O–H groups in total. The van der Waals surface area contributed by atoms with Crippen LogP contribution in [0.1, 0.15) is 37.8 Å². The van der Waals surface area contributed by atoms with E-state index in [0.29, 0.717) is 19.1 Å². The summed E-state index contributed by atoms with van der Waals surface area (Å²) in [6.45, 7) is 1.42. The summed E-state index contributed by atoms with van der Waals surface area (Å²) in [6.07, 6.45) is 6.14. The topological polar surface area (TPSA) is 42.4 Å². The summed E-state index contributed by atoms with van der Waals surface area (Å²) in [5.41, 5.74) is 2.16. The molecule has 132 valence electrons. The number of hydrogen-bond acceptors (Lipinski definition) is 4. The molecule has 2 aromatic rings. The molecule has 1 amide bonds. The molecule has 1 saturated carbocycles. The highest BCUT2D eigenvalue weighted by atomic mass is 32.1. The summed E-state index contributed by atoms with van der Waals surface area (Å²) in [4.78, 5) is 19.5. The lowest BCUT2D eigenvalue weighted by Gasteiger charge is -2.43. The van der Waals surface area contributed by atoms with Gasteiger partial charge in [-0.1, -0.05) is 43.2 Å². The summed E-state index contributed by atoms with van der Waals surface area (Å²) in [5, 5.41) is 3.11. The highest BCUT2D eigenvalue weighted by Gasteiger charge is 2.36. The lowest BCUT2D eigenvalue weighted by atomic mass is 9.90. The first-order valence-corrected chi connectivity index (χ1v) is 10.1. The molecule has 4 rings (SSSR count). The monoisotopic (exact) mass is 356 g/mol. The van der Waals surface area contributed by atoms with E-state index in [1.807, 2.05) is 18.2 Å². The number of fused-ring (bicyclic) bond motifs is 1. The number of carbonyl (C=O) groups excluding carboxylic acids is 1. The van der Waals surface area contributed by atoms with E-state index in [1.54, 1.807) is 11.3 Å². The molecule has 25 heavy (non-hydrogen) atoms. The van der Waals surface area contributed by atoms with E-state index in [0.717, 1.165) is 42.1 Å². The van der Waals surface area contributed by atoms with E-state index in [4.69, 9.17) is 9.72 Å². The van der Waals surface area contributed by atoms with Crippen LogP contribution in [0, 0.1) is 0 Å². The molecule has 0 spiro atoms. The maximum atomic E-state index is 12.7. The molecule has 1 aromatic carbocycles. The van der Waals surface area contributed by atoms with E-state index in [9.17, 15) is 4.79 Å². The van der Waals surface area contributed by atoms with E-state index in [2.05, 4.69) is 22.4 Å². The molecule has 1 aromatic heterocycles. The van der Waals surface area contributed by atoms with Crippen molar-refractivity contribution in [2.24, 2.45) is 0 Å². The molecular weight excluding hydrogens is 332 g/mol. The Kier molecular flexibility index (Phi) is 5.13. The Hall–Kier alpha value is -1.72. The number of carbonyl (C=O) groups is 1. The number of morpholine rings is 1. The Labute approximate surface area is 152 Å². The van der Waals surface area contributed by atoms with E-state index >= 15 is 0 Å². The second kappa shape index (κ2) is 7.67. The standard InChI is InChI=1S/C20H24N2O2S/c23-19(22-12-13-24-18-9-5-4-8-17(18)22)11-10-16-14-25-20(21-16)15-6-2-1-3-7-15/h1-3,6-7,14,17-18H,4-5,8-13H2. The summed E-state index contributed by atoms with van der Waals surface area (Å²) in [5.74, 6) is 0.259. The van der Waals surface area contributed by atoms with Crippen LogP contribution in [0.3, 0.4) is 0 Å². The van der Waals surface area contributed by atoms with Crippen LogP contribution in [0.2, 0.25) is 0 Å². The Bertz CT molecular complexity index is 713. The minimum atomic E-state index is 0.259. The van der Waals surface area contributed by atoms with Crippen molar-refractivity contribution in [2.45, 2.75) is 50.7 Å². The normalized spacial score (nSPS) is 23.3. The van der Waals surface area contributed by atoms with Gasteiger partial charge < -0.3 is 9.64 Å². The molecule has 1 aliphatic heterocycles. The van der Waals surface area contributed by atoms with Gasteiger partial charge in [0.15, 0.2) is 0 Å². The van der Waals surface area contributed by atoms with Crippen molar-refractivity contribution >= 4 is 17.2 Å². The number of nitrogens with zero attached hydrogens (tertiary/aromatic N) is 2. The van der Waals surface area contributed by atoms with Crippen molar-refractivity contribution in [3.05, 3.63) is 41.4 Å². The van der Waals surface area contributed by atoms with Gasteiger partial charge in [0.1, 0.15) is 5.01 Å². The summed E-state index contributed by atoms with van der Waals surface area (Å²) in [6, 6.07) is 10.5. The second-order valence-corrected chi connectivity index (χ2v) is 7.72. The third kappa shape index (κ3) is 3.77. The largest absolute Gasteiger partial charge is 0.374 e. The van der Waals surface area contributed by atoms with Crippen molar-refractivity contribution in [3.63, 3.8) is 0 Å². The molecule has 2 unspecified atom stereocenters. The van der Waals surface area contributed by atoms with Crippen LogP contribution in [0.15, 0.2) is 35.7 Å². The maximum absolute atomic E-state index is 12.7. The van der Waals surface area contributed by atoms with Crippen molar-refractivity contribution in [3.8, 4) is 10.6 Å². The first-order chi connectivity index (χ1) is 12.3. The smallest absolute Gasteiger partial charge is 0.223 e. The van der Waals surface area contributed by atoms with Crippen LogP contribution < -0.4 is 0 Å². The lowest BCUT2D eigenvalue weighted by Crippen LogP contribution is -2.54. The number of rotatable bonds is 4. The molecule has 2 aliphatic rings. The number of amides is 1. The van der Waals surface area contributed by atoms with Crippen molar-refractivity contribution in [1.82, 2.24) is 9.88 Å². The fraction of sp³-hybridized carbons (Fsp3) is 0.500. The summed E-state index contributed by atoms with van der Waals surface area (Å²) < 4.78 is 5.87. The van der Waals surface area contributed by atoms with Crippen LogP contribution >= 0.6 is 11.3 Å². The van der Waals surface area contributed by atoms with Gasteiger partial charge >= 0.3 is 0 Å². The maximum Gasteiger partial charge on any atom is 0.223 e. The molecule has 4 nitrogen and oxygen atoms in total. The van der Waals surface area contributed by atoms with E-state index < -0.39 is 0 Å². The third-order valence-corrected chi connectivity index (χ3v) is 6.16. The molecular formula is C20H24N2O2S. The van der Waals surface area contributed by atoms with Crippen molar-refractivity contribution in [1.29, 1.82) is 0 Å². The molecule has 2 heterocycles. The van der Waals surface area contributed by atoms with E-state index in [-0.39, 0.29) is 12.0 Å². The highest BCUT2D eigenvalue weighted by Crippen LogP contribution is 2.29. The molecule has 1 saturated heterocycles. The zero-order chi connectivity index (χ0) is 17.1. The molecule has 2 atom stereocenters. The molecule has 2 fully saturated rings. The minimum absolute atomic E-state index is 0.259. The fourth-order valence-electron chi connectivity index (χ4n) is 3.92.